The second-order valence-electron chi connectivity index (χ2n) is 6.42. The maximum absolute atomic E-state index is 5.94. The number of nitrogens with zero attached hydrogens (tertiary/aromatic N) is 1. The van der Waals surface area contributed by atoms with E-state index in [0.717, 1.165) is 43.2 Å². The normalized spacial score (nSPS) is 14.0. The monoisotopic (exact) mass is 463 g/mol. The molecule has 142 valence electrons. The predicted molar refractivity (Wildman–Crippen MR) is 111 cm³/mol. The molecule has 1 aromatic carbocycles. The smallest absolute Gasteiger partial charge is 0.188 e. The van der Waals surface area contributed by atoms with Gasteiger partial charge in [0.2, 0.25) is 0 Å². The molecule has 0 radical (unpaired) electrons. The summed E-state index contributed by atoms with van der Waals surface area (Å²) in [7, 11) is 0. The molecule has 1 aliphatic rings. The van der Waals surface area contributed by atoms with Crippen molar-refractivity contribution in [2.45, 2.75) is 32.6 Å². The van der Waals surface area contributed by atoms with Crippen LogP contribution in [0.2, 0.25) is 0 Å². The number of rotatable bonds is 8. The minimum atomic E-state index is -0.145. The minimum Gasteiger partial charge on any atom is -0.486 e. The average molecular weight is 463 g/mol. The van der Waals surface area contributed by atoms with E-state index in [1.807, 2.05) is 19.1 Å². The van der Waals surface area contributed by atoms with E-state index in [-0.39, 0.29) is 29.4 Å². The molecule has 6 nitrogen and oxygen atoms in total. The molecule has 0 aliphatic carbocycles. The Bertz CT molecular complexity index is 564. The van der Waals surface area contributed by atoms with Gasteiger partial charge in [0.15, 0.2) is 17.5 Å². The topological polar surface area (TPSA) is 78.1 Å². The van der Waals surface area contributed by atoms with Gasteiger partial charge in [-0.05, 0) is 31.0 Å². The first-order valence-corrected chi connectivity index (χ1v) is 8.54. The summed E-state index contributed by atoms with van der Waals surface area (Å²) in [6.07, 6.45) is 0.912. The Morgan fingerprint density at radius 3 is 2.72 bits per heavy atom. The fourth-order valence-electron chi connectivity index (χ4n) is 2.43. The van der Waals surface area contributed by atoms with E-state index >= 15 is 0 Å². The van der Waals surface area contributed by atoms with E-state index < -0.39 is 0 Å². The highest BCUT2D eigenvalue weighted by atomic mass is 127. The summed E-state index contributed by atoms with van der Waals surface area (Å²) < 4.78 is 16.5. The molecule has 3 N–H and O–H groups in total. The highest BCUT2D eigenvalue weighted by Crippen LogP contribution is 2.35. The molecular formula is C18H30IN3O3. The molecule has 0 saturated heterocycles. The summed E-state index contributed by atoms with van der Waals surface area (Å²) in [5.41, 5.74) is 6.94. The SMILES string of the molecule is CCOCCCNC(N)=NCC(C)(C)c1ccc2c(c1)OCCO2.I. The van der Waals surface area contributed by atoms with Gasteiger partial charge in [-0.1, -0.05) is 19.9 Å². The first-order chi connectivity index (χ1) is 11.5. The van der Waals surface area contributed by atoms with E-state index in [4.69, 9.17) is 19.9 Å². The van der Waals surface area contributed by atoms with Crippen molar-refractivity contribution in [2.24, 2.45) is 10.7 Å². The van der Waals surface area contributed by atoms with Crippen molar-refractivity contribution < 1.29 is 14.2 Å². The van der Waals surface area contributed by atoms with Crippen LogP contribution in [-0.4, -0.2) is 45.5 Å². The van der Waals surface area contributed by atoms with E-state index in [0.29, 0.717) is 25.7 Å². The van der Waals surface area contributed by atoms with Crippen molar-refractivity contribution in [1.29, 1.82) is 0 Å². The number of nitrogens with one attached hydrogen (secondary N) is 1. The van der Waals surface area contributed by atoms with E-state index in [1.165, 1.54) is 0 Å². The Morgan fingerprint density at radius 2 is 2.00 bits per heavy atom. The van der Waals surface area contributed by atoms with Crippen LogP contribution in [0.15, 0.2) is 23.2 Å². The van der Waals surface area contributed by atoms with Gasteiger partial charge in [0, 0.05) is 25.2 Å². The largest absolute Gasteiger partial charge is 0.486 e. The Hall–Kier alpha value is -1.22. The van der Waals surface area contributed by atoms with Crippen LogP contribution in [0.5, 0.6) is 11.5 Å². The van der Waals surface area contributed by atoms with Crippen molar-refractivity contribution in [3.8, 4) is 11.5 Å². The quantitative estimate of drug-likeness (QED) is 0.268. The van der Waals surface area contributed by atoms with Crippen LogP contribution in [0.3, 0.4) is 0 Å². The minimum absolute atomic E-state index is 0. The lowest BCUT2D eigenvalue weighted by atomic mass is 9.84. The summed E-state index contributed by atoms with van der Waals surface area (Å²) in [5.74, 6) is 2.08. The maximum atomic E-state index is 5.94. The van der Waals surface area contributed by atoms with Crippen LogP contribution < -0.4 is 20.5 Å². The molecule has 0 unspecified atom stereocenters. The Labute approximate surface area is 167 Å². The van der Waals surface area contributed by atoms with Crippen molar-refractivity contribution in [1.82, 2.24) is 5.32 Å². The first-order valence-electron chi connectivity index (χ1n) is 8.54. The van der Waals surface area contributed by atoms with E-state index in [9.17, 15) is 0 Å². The molecule has 2 rings (SSSR count). The number of fused-ring (bicyclic) bond motifs is 1. The molecule has 1 heterocycles. The van der Waals surface area contributed by atoms with Crippen LogP contribution in [0, 0.1) is 0 Å². The molecule has 0 aromatic heterocycles. The molecule has 0 amide bonds. The summed E-state index contributed by atoms with van der Waals surface area (Å²) in [6, 6.07) is 6.06. The second kappa shape index (κ2) is 10.7. The van der Waals surface area contributed by atoms with Crippen molar-refractivity contribution >= 4 is 29.9 Å². The molecule has 1 aromatic rings. The van der Waals surface area contributed by atoms with Gasteiger partial charge in [0.05, 0.1) is 6.54 Å². The lowest BCUT2D eigenvalue weighted by Crippen LogP contribution is -2.34. The molecule has 0 saturated carbocycles. The van der Waals surface area contributed by atoms with Gasteiger partial charge in [-0.25, -0.2) is 0 Å². The second-order valence-corrected chi connectivity index (χ2v) is 6.42. The van der Waals surface area contributed by atoms with Gasteiger partial charge in [-0.3, -0.25) is 4.99 Å². The molecule has 0 bridgehead atoms. The van der Waals surface area contributed by atoms with Gasteiger partial charge in [-0.2, -0.15) is 0 Å². The average Bonchev–Trinajstić information content (AvgIpc) is 2.59. The Kier molecular flexibility index (Phi) is 9.34. The highest BCUT2D eigenvalue weighted by molar-refractivity contribution is 14.0. The van der Waals surface area contributed by atoms with Gasteiger partial charge >= 0.3 is 0 Å². The molecular weight excluding hydrogens is 433 g/mol. The third-order valence-electron chi connectivity index (χ3n) is 3.94. The summed E-state index contributed by atoms with van der Waals surface area (Å²) in [4.78, 5) is 4.47. The van der Waals surface area contributed by atoms with Crippen LogP contribution >= 0.6 is 24.0 Å². The fourth-order valence-corrected chi connectivity index (χ4v) is 2.43. The Morgan fingerprint density at radius 1 is 1.28 bits per heavy atom. The summed E-state index contributed by atoms with van der Waals surface area (Å²) in [5, 5.41) is 3.12. The zero-order valence-corrected chi connectivity index (χ0v) is 17.7. The van der Waals surface area contributed by atoms with Gasteiger partial charge < -0.3 is 25.3 Å². The summed E-state index contributed by atoms with van der Waals surface area (Å²) in [6.45, 7) is 10.3. The predicted octanol–water partition coefficient (Wildman–Crippen LogP) is 2.68. The number of hydrogen-bond acceptors (Lipinski definition) is 4. The number of ether oxygens (including phenoxy) is 3. The molecule has 25 heavy (non-hydrogen) atoms. The van der Waals surface area contributed by atoms with Crippen molar-refractivity contribution in [2.75, 3.05) is 39.5 Å². The summed E-state index contributed by atoms with van der Waals surface area (Å²) >= 11 is 0. The number of benzene rings is 1. The number of aliphatic imine (C=N–C) groups is 1. The standard InChI is InChI=1S/C18H29N3O3.HI/c1-4-22-9-5-8-20-17(19)21-13-18(2,3)14-6-7-15-16(12-14)24-11-10-23-15;/h6-7,12H,4-5,8-11,13H2,1-3H3,(H3,19,20,21);1H. The number of nitrogens with two attached hydrogens (primary N) is 1. The maximum Gasteiger partial charge on any atom is 0.188 e. The highest BCUT2D eigenvalue weighted by Gasteiger charge is 2.23. The fraction of sp³-hybridized carbons (Fsp3) is 0.611. The van der Waals surface area contributed by atoms with E-state index in [1.54, 1.807) is 0 Å². The zero-order chi connectivity index (χ0) is 17.4. The van der Waals surface area contributed by atoms with Crippen LogP contribution in [0.25, 0.3) is 0 Å². The molecule has 0 atom stereocenters. The number of guanidine groups is 1. The van der Waals surface area contributed by atoms with Gasteiger partial charge in [0.25, 0.3) is 0 Å². The van der Waals surface area contributed by atoms with Crippen LogP contribution in [-0.2, 0) is 10.2 Å². The number of halogens is 1. The molecule has 0 spiro atoms. The third kappa shape index (κ3) is 6.89. The van der Waals surface area contributed by atoms with Crippen LogP contribution in [0.1, 0.15) is 32.8 Å². The molecule has 1 aliphatic heterocycles. The lowest BCUT2D eigenvalue weighted by Gasteiger charge is -2.26. The van der Waals surface area contributed by atoms with Crippen LogP contribution in [0.4, 0.5) is 0 Å². The van der Waals surface area contributed by atoms with Gasteiger partial charge in [0.1, 0.15) is 13.2 Å². The van der Waals surface area contributed by atoms with Gasteiger partial charge in [-0.15, -0.1) is 24.0 Å². The molecule has 0 fully saturated rings. The van der Waals surface area contributed by atoms with Crippen molar-refractivity contribution in [3.05, 3.63) is 23.8 Å². The number of hydrogen-bond donors (Lipinski definition) is 2. The molecule has 7 heteroatoms. The Balaban J connectivity index is 0.00000312. The zero-order valence-electron chi connectivity index (χ0n) is 15.3. The van der Waals surface area contributed by atoms with E-state index in [2.05, 4.69) is 30.2 Å². The van der Waals surface area contributed by atoms with Crippen molar-refractivity contribution in [3.63, 3.8) is 0 Å². The first kappa shape index (κ1) is 21.8. The third-order valence-corrected chi connectivity index (χ3v) is 3.94. The lowest BCUT2D eigenvalue weighted by molar-refractivity contribution is 0.145.